The van der Waals surface area contributed by atoms with Crippen LogP contribution >= 0.6 is 35.6 Å². The number of thiocarbonyl (C=S) groups is 1. The average molecular weight is 365 g/mol. The van der Waals surface area contributed by atoms with Crippen molar-refractivity contribution in [3.05, 3.63) is 59.1 Å². The monoisotopic (exact) mass is 364 g/mol. The van der Waals surface area contributed by atoms with Crippen LogP contribution in [0.2, 0.25) is 5.02 Å². The molecule has 122 valence electrons. The molecule has 0 heterocycles. The molecule has 1 unspecified atom stereocenters. The number of halogens is 1. The van der Waals surface area contributed by atoms with Crippen LogP contribution in [0.5, 0.6) is 0 Å². The lowest BCUT2D eigenvalue weighted by Crippen LogP contribution is -2.32. The molecule has 0 saturated heterocycles. The summed E-state index contributed by atoms with van der Waals surface area (Å²) in [6.45, 7) is 5.13. The van der Waals surface area contributed by atoms with Gasteiger partial charge in [0.1, 0.15) is 0 Å². The van der Waals surface area contributed by atoms with Crippen molar-refractivity contribution in [3.8, 4) is 0 Å². The van der Waals surface area contributed by atoms with E-state index in [1.54, 1.807) is 0 Å². The third kappa shape index (κ3) is 6.42. The van der Waals surface area contributed by atoms with Gasteiger partial charge in [-0.15, -0.1) is 11.8 Å². The second-order valence-electron chi connectivity index (χ2n) is 5.52. The summed E-state index contributed by atoms with van der Waals surface area (Å²) in [5, 5.41) is 7.98. The first kappa shape index (κ1) is 18.1. The fraction of sp³-hybridized carbons (Fsp3) is 0.278. The van der Waals surface area contributed by atoms with E-state index < -0.39 is 0 Å². The first-order chi connectivity index (χ1) is 11.0. The predicted molar refractivity (Wildman–Crippen MR) is 107 cm³/mol. The van der Waals surface area contributed by atoms with Gasteiger partial charge in [-0.3, -0.25) is 0 Å². The number of benzene rings is 2. The van der Waals surface area contributed by atoms with Gasteiger partial charge in [0, 0.05) is 27.9 Å². The van der Waals surface area contributed by atoms with E-state index in [1.165, 1.54) is 10.5 Å². The Morgan fingerprint density at radius 2 is 1.87 bits per heavy atom. The molecule has 2 nitrogen and oxygen atoms in total. The summed E-state index contributed by atoms with van der Waals surface area (Å²) in [5.41, 5.74) is 2.23. The van der Waals surface area contributed by atoms with Crippen molar-refractivity contribution in [2.75, 3.05) is 17.6 Å². The quantitative estimate of drug-likeness (QED) is 0.532. The third-order valence-corrected chi connectivity index (χ3v) is 5.19. The SMILES string of the molecule is Cc1ccccc1NC(=S)NCC(C)CSc1ccc(Cl)cc1. The number of rotatable bonds is 6. The Bertz CT molecular complexity index is 644. The summed E-state index contributed by atoms with van der Waals surface area (Å²) >= 11 is 13.1. The number of nitrogens with one attached hydrogen (secondary N) is 2. The Morgan fingerprint density at radius 3 is 2.57 bits per heavy atom. The van der Waals surface area contributed by atoms with Crippen molar-refractivity contribution in [1.82, 2.24) is 5.32 Å². The Labute approximate surface area is 153 Å². The highest BCUT2D eigenvalue weighted by atomic mass is 35.5. The van der Waals surface area contributed by atoms with Gasteiger partial charge in [-0.1, -0.05) is 36.7 Å². The first-order valence-electron chi connectivity index (χ1n) is 7.53. The molecule has 0 aliphatic heterocycles. The van der Waals surface area contributed by atoms with Crippen LogP contribution in [0.3, 0.4) is 0 Å². The molecule has 0 spiro atoms. The van der Waals surface area contributed by atoms with Gasteiger partial charge >= 0.3 is 0 Å². The van der Waals surface area contributed by atoms with Crippen molar-refractivity contribution in [2.45, 2.75) is 18.7 Å². The second-order valence-corrected chi connectivity index (χ2v) is 7.46. The molecule has 2 rings (SSSR count). The summed E-state index contributed by atoms with van der Waals surface area (Å²) in [6, 6.07) is 16.1. The van der Waals surface area contributed by atoms with Gasteiger partial charge in [0.25, 0.3) is 0 Å². The normalized spacial score (nSPS) is 11.8. The summed E-state index contributed by atoms with van der Waals surface area (Å²) in [6.07, 6.45) is 0. The molecule has 0 saturated carbocycles. The largest absolute Gasteiger partial charge is 0.362 e. The van der Waals surface area contributed by atoms with Crippen LogP contribution in [0.4, 0.5) is 5.69 Å². The van der Waals surface area contributed by atoms with Crippen LogP contribution in [0.25, 0.3) is 0 Å². The smallest absolute Gasteiger partial charge is 0.170 e. The fourth-order valence-electron chi connectivity index (χ4n) is 1.97. The second kappa shape index (κ2) is 9.16. The van der Waals surface area contributed by atoms with Crippen molar-refractivity contribution in [3.63, 3.8) is 0 Å². The third-order valence-electron chi connectivity index (χ3n) is 3.35. The van der Waals surface area contributed by atoms with E-state index in [2.05, 4.69) is 42.7 Å². The lowest BCUT2D eigenvalue weighted by molar-refractivity contribution is 0.637. The fourth-order valence-corrected chi connectivity index (χ4v) is 3.22. The van der Waals surface area contributed by atoms with Gasteiger partial charge in [0.05, 0.1) is 0 Å². The van der Waals surface area contributed by atoms with Crippen molar-refractivity contribution < 1.29 is 0 Å². The van der Waals surface area contributed by atoms with E-state index >= 15 is 0 Å². The molecular weight excluding hydrogens is 344 g/mol. The number of hydrogen-bond donors (Lipinski definition) is 2. The molecular formula is C18H21ClN2S2. The Morgan fingerprint density at radius 1 is 1.17 bits per heavy atom. The van der Waals surface area contributed by atoms with E-state index in [0.29, 0.717) is 11.0 Å². The maximum absolute atomic E-state index is 5.90. The molecule has 0 aliphatic rings. The van der Waals surface area contributed by atoms with E-state index in [0.717, 1.165) is 23.0 Å². The van der Waals surface area contributed by atoms with Gasteiger partial charge in [0.2, 0.25) is 0 Å². The molecule has 0 aliphatic carbocycles. The van der Waals surface area contributed by atoms with Crippen LogP contribution in [0.1, 0.15) is 12.5 Å². The molecule has 1 atom stereocenters. The summed E-state index contributed by atoms with van der Waals surface area (Å²) in [7, 11) is 0. The van der Waals surface area contributed by atoms with Crippen molar-refractivity contribution in [1.29, 1.82) is 0 Å². The van der Waals surface area contributed by atoms with Gasteiger partial charge in [-0.05, 0) is 61.0 Å². The minimum atomic E-state index is 0.507. The highest BCUT2D eigenvalue weighted by Crippen LogP contribution is 2.22. The Balaban J connectivity index is 1.71. The van der Waals surface area contributed by atoms with Crippen molar-refractivity contribution in [2.24, 2.45) is 5.92 Å². The molecule has 0 aromatic heterocycles. The zero-order valence-corrected chi connectivity index (χ0v) is 15.7. The summed E-state index contributed by atoms with van der Waals surface area (Å²) in [4.78, 5) is 1.24. The highest BCUT2D eigenvalue weighted by molar-refractivity contribution is 7.99. The zero-order valence-electron chi connectivity index (χ0n) is 13.3. The highest BCUT2D eigenvalue weighted by Gasteiger charge is 2.06. The van der Waals surface area contributed by atoms with Crippen LogP contribution < -0.4 is 10.6 Å². The topological polar surface area (TPSA) is 24.1 Å². The molecule has 23 heavy (non-hydrogen) atoms. The molecule has 0 bridgehead atoms. The molecule has 0 amide bonds. The van der Waals surface area contributed by atoms with Crippen molar-refractivity contribution >= 4 is 46.4 Å². The Hall–Kier alpha value is -1.23. The minimum absolute atomic E-state index is 0.507. The summed E-state index contributed by atoms with van der Waals surface area (Å²) in [5.74, 6) is 1.54. The molecule has 0 fully saturated rings. The lowest BCUT2D eigenvalue weighted by atomic mass is 10.2. The lowest BCUT2D eigenvalue weighted by Gasteiger charge is -2.16. The first-order valence-corrected chi connectivity index (χ1v) is 9.30. The van der Waals surface area contributed by atoms with Crippen LogP contribution in [0.15, 0.2) is 53.4 Å². The Kier molecular flexibility index (Phi) is 7.21. The summed E-state index contributed by atoms with van der Waals surface area (Å²) < 4.78 is 0. The predicted octanol–water partition coefficient (Wildman–Crippen LogP) is 5.36. The van der Waals surface area contributed by atoms with E-state index in [-0.39, 0.29) is 0 Å². The van der Waals surface area contributed by atoms with Crippen LogP contribution in [0, 0.1) is 12.8 Å². The maximum Gasteiger partial charge on any atom is 0.170 e. The zero-order chi connectivity index (χ0) is 16.7. The standard InChI is InChI=1S/C18H21ClN2S2/c1-13(12-23-16-9-7-15(19)8-10-16)11-20-18(22)21-17-6-4-3-5-14(17)2/h3-10,13H,11-12H2,1-2H3,(H2,20,21,22). The van der Waals surface area contributed by atoms with Crippen LogP contribution in [-0.4, -0.2) is 17.4 Å². The van der Waals surface area contributed by atoms with Gasteiger partial charge in [0.15, 0.2) is 5.11 Å². The van der Waals surface area contributed by atoms with Gasteiger partial charge in [-0.25, -0.2) is 0 Å². The number of aryl methyl sites for hydroxylation is 1. The molecule has 2 aromatic rings. The van der Waals surface area contributed by atoms with Gasteiger partial charge in [-0.2, -0.15) is 0 Å². The average Bonchev–Trinajstić information content (AvgIpc) is 2.54. The number of thioether (sulfide) groups is 1. The molecule has 0 radical (unpaired) electrons. The molecule has 2 aromatic carbocycles. The van der Waals surface area contributed by atoms with Crippen LogP contribution in [-0.2, 0) is 0 Å². The number of hydrogen-bond acceptors (Lipinski definition) is 2. The number of anilines is 1. The molecule has 2 N–H and O–H groups in total. The van der Waals surface area contributed by atoms with E-state index in [1.807, 2.05) is 42.1 Å². The van der Waals surface area contributed by atoms with Gasteiger partial charge < -0.3 is 10.6 Å². The number of para-hydroxylation sites is 1. The molecule has 5 heteroatoms. The minimum Gasteiger partial charge on any atom is -0.362 e. The van der Waals surface area contributed by atoms with E-state index in [4.69, 9.17) is 23.8 Å². The maximum atomic E-state index is 5.90. The van der Waals surface area contributed by atoms with E-state index in [9.17, 15) is 0 Å².